The van der Waals surface area contributed by atoms with Crippen molar-refractivity contribution < 1.29 is 9.84 Å². The molecule has 1 saturated carbocycles. The Morgan fingerprint density at radius 1 is 1.41 bits per heavy atom. The Bertz CT molecular complexity index is 206. The zero-order valence-corrected chi connectivity index (χ0v) is 11.7. The van der Waals surface area contributed by atoms with Gasteiger partial charge in [0.05, 0.1) is 18.8 Å². The lowest BCUT2D eigenvalue weighted by Gasteiger charge is -2.33. The van der Waals surface area contributed by atoms with Crippen LogP contribution in [0, 0.1) is 11.8 Å². The van der Waals surface area contributed by atoms with Crippen molar-refractivity contribution >= 4 is 0 Å². The molecule has 1 fully saturated rings. The van der Waals surface area contributed by atoms with Gasteiger partial charge in [-0.2, -0.15) is 0 Å². The number of hydrogen-bond acceptors (Lipinski definition) is 3. The summed E-state index contributed by atoms with van der Waals surface area (Å²) in [6, 6.07) is 0. The van der Waals surface area contributed by atoms with Crippen molar-refractivity contribution in [2.45, 2.75) is 52.0 Å². The average Bonchev–Trinajstić information content (AvgIpc) is 3.12. The van der Waals surface area contributed by atoms with Crippen LogP contribution in [0.25, 0.3) is 0 Å². The summed E-state index contributed by atoms with van der Waals surface area (Å²) < 4.78 is 5.84. The van der Waals surface area contributed by atoms with Crippen LogP contribution in [0.5, 0.6) is 0 Å². The van der Waals surface area contributed by atoms with Crippen molar-refractivity contribution in [3.05, 3.63) is 0 Å². The molecule has 0 amide bonds. The molecule has 2 atom stereocenters. The van der Waals surface area contributed by atoms with Gasteiger partial charge < -0.3 is 15.2 Å². The molecule has 2 N–H and O–H groups in total. The highest BCUT2D eigenvalue weighted by molar-refractivity contribution is 5.00. The van der Waals surface area contributed by atoms with E-state index in [9.17, 15) is 5.11 Å². The first-order valence-electron chi connectivity index (χ1n) is 7.12. The van der Waals surface area contributed by atoms with Crippen molar-refractivity contribution in [1.29, 1.82) is 0 Å². The van der Waals surface area contributed by atoms with Crippen LogP contribution >= 0.6 is 0 Å². The van der Waals surface area contributed by atoms with E-state index in [4.69, 9.17) is 4.74 Å². The topological polar surface area (TPSA) is 41.5 Å². The van der Waals surface area contributed by atoms with E-state index in [0.29, 0.717) is 18.4 Å². The molecule has 0 aromatic rings. The third-order valence-electron chi connectivity index (χ3n) is 3.71. The van der Waals surface area contributed by atoms with E-state index in [1.807, 2.05) is 0 Å². The zero-order valence-electron chi connectivity index (χ0n) is 11.7. The summed E-state index contributed by atoms with van der Waals surface area (Å²) in [5, 5.41) is 13.1. The highest BCUT2D eigenvalue weighted by atomic mass is 16.5. The predicted octanol–water partition coefficient (Wildman–Crippen LogP) is 2.19. The maximum atomic E-state index is 9.64. The molecule has 0 heterocycles. The maximum Gasteiger partial charge on any atom is 0.0679 e. The second-order valence-corrected chi connectivity index (χ2v) is 5.53. The first-order valence-corrected chi connectivity index (χ1v) is 7.12. The number of hydrogen-bond donors (Lipinski definition) is 2. The van der Waals surface area contributed by atoms with Gasteiger partial charge in [-0.3, -0.25) is 0 Å². The Kier molecular flexibility index (Phi) is 6.45. The third-order valence-corrected chi connectivity index (χ3v) is 3.71. The monoisotopic (exact) mass is 243 g/mol. The van der Waals surface area contributed by atoms with Gasteiger partial charge in [-0.15, -0.1) is 0 Å². The van der Waals surface area contributed by atoms with Crippen LogP contribution in [0.1, 0.15) is 46.5 Å². The highest BCUT2D eigenvalue weighted by Gasteiger charge is 2.44. The SMILES string of the molecule is CCCC(C)COCC(CO)(NCC)C1CC1. The smallest absolute Gasteiger partial charge is 0.0679 e. The van der Waals surface area contributed by atoms with Crippen LogP contribution in [0.3, 0.4) is 0 Å². The molecule has 2 unspecified atom stereocenters. The molecular weight excluding hydrogens is 214 g/mol. The molecule has 3 nitrogen and oxygen atoms in total. The molecule has 1 aliphatic carbocycles. The number of aliphatic hydroxyl groups is 1. The van der Waals surface area contributed by atoms with Crippen LogP contribution in [0.2, 0.25) is 0 Å². The van der Waals surface area contributed by atoms with Crippen molar-refractivity contribution in [3.8, 4) is 0 Å². The summed E-state index contributed by atoms with van der Waals surface area (Å²) in [4.78, 5) is 0. The van der Waals surface area contributed by atoms with Gasteiger partial charge in [0.2, 0.25) is 0 Å². The molecular formula is C14H29NO2. The summed E-state index contributed by atoms with van der Waals surface area (Å²) >= 11 is 0. The minimum absolute atomic E-state index is 0.180. The summed E-state index contributed by atoms with van der Waals surface area (Å²) in [6.07, 6.45) is 4.88. The van der Waals surface area contributed by atoms with E-state index < -0.39 is 0 Å². The fraction of sp³-hybridized carbons (Fsp3) is 1.00. The minimum atomic E-state index is -0.180. The molecule has 0 radical (unpaired) electrons. The van der Waals surface area contributed by atoms with E-state index in [0.717, 1.165) is 13.2 Å². The van der Waals surface area contributed by atoms with E-state index in [1.54, 1.807) is 0 Å². The van der Waals surface area contributed by atoms with E-state index >= 15 is 0 Å². The molecule has 0 saturated heterocycles. The van der Waals surface area contributed by atoms with Gasteiger partial charge in [0.25, 0.3) is 0 Å². The minimum Gasteiger partial charge on any atom is -0.394 e. The standard InChI is InChI=1S/C14H29NO2/c1-4-6-12(3)9-17-11-14(10-16,15-5-2)13-7-8-13/h12-13,15-16H,4-11H2,1-3H3. The molecule has 0 aromatic carbocycles. The quantitative estimate of drug-likeness (QED) is 0.618. The first-order chi connectivity index (χ1) is 8.18. The molecule has 17 heavy (non-hydrogen) atoms. The lowest BCUT2D eigenvalue weighted by atomic mass is 9.95. The highest BCUT2D eigenvalue weighted by Crippen LogP contribution is 2.39. The van der Waals surface area contributed by atoms with Gasteiger partial charge in [-0.1, -0.05) is 27.2 Å². The van der Waals surface area contributed by atoms with Crippen molar-refractivity contribution in [3.63, 3.8) is 0 Å². The molecule has 0 bridgehead atoms. The number of rotatable bonds is 10. The molecule has 102 valence electrons. The molecule has 3 heteroatoms. The van der Waals surface area contributed by atoms with Gasteiger partial charge in [0, 0.05) is 6.61 Å². The Morgan fingerprint density at radius 3 is 2.59 bits per heavy atom. The Balaban J connectivity index is 2.33. The fourth-order valence-corrected chi connectivity index (χ4v) is 2.55. The second-order valence-electron chi connectivity index (χ2n) is 5.53. The van der Waals surface area contributed by atoms with E-state index in [1.165, 1.54) is 25.7 Å². The van der Waals surface area contributed by atoms with Gasteiger partial charge in [-0.05, 0) is 37.6 Å². The first kappa shape index (κ1) is 14.9. The molecule has 0 aromatic heterocycles. The predicted molar refractivity (Wildman–Crippen MR) is 71.1 cm³/mol. The van der Waals surface area contributed by atoms with Crippen LogP contribution < -0.4 is 5.32 Å². The second kappa shape index (κ2) is 7.34. The van der Waals surface area contributed by atoms with Gasteiger partial charge >= 0.3 is 0 Å². The van der Waals surface area contributed by atoms with Gasteiger partial charge in [0.1, 0.15) is 0 Å². The largest absolute Gasteiger partial charge is 0.394 e. The van der Waals surface area contributed by atoms with Crippen molar-refractivity contribution in [2.75, 3.05) is 26.4 Å². The van der Waals surface area contributed by atoms with Gasteiger partial charge in [-0.25, -0.2) is 0 Å². The van der Waals surface area contributed by atoms with Gasteiger partial charge in [0.15, 0.2) is 0 Å². The number of aliphatic hydroxyl groups excluding tert-OH is 1. The zero-order chi connectivity index (χ0) is 12.7. The summed E-state index contributed by atoms with van der Waals surface area (Å²) in [5.41, 5.74) is -0.180. The van der Waals surface area contributed by atoms with Crippen LogP contribution in [-0.2, 0) is 4.74 Å². The van der Waals surface area contributed by atoms with Crippen LogP contribution in [0.15, 0.2) is 0 Å². The lowest BCUT2D eigenvalue weighted by molar-refractivity contribution is 0.0117. The van der Waals surface area contributed by atoms with Crippen LogP contribution in [0.4, 0.5) is 0 Å². The van der Waals surface area contributed by atoms with Crippen molar-refractivity contribution in [1.82, 2.24) is 5.32 Å². The van der Waals surface area contributed by atoms with Crippen LogP contribution in [-0.4, -0.2) is 37.0 Å². The summed E-state index contributed by atoms with van der Waals surface area (Å²) in [7, 11) is 0. The van der Waals surface area contributed by atoms with E-state index in [2.05, 4.69) is 26.1 Å². The average molecular weight is 243 g/mol. The Hall–Kier alpha value is -0.120. The Morgan fingerprint density at radius 2 is 2.12 bits per heavy atom. The molecule has 0 spiro atoms. The normalized spacial score (nSPS) is 21.2. The van der Waals surface area contributed by atoms with E-state index in [-0.39, 0.29) is 12.1 Å². The number of nitrogens with one attached hydrogen (secondary N) is 1. The molecule has 0 aliphatic heterocycles. The third kappa shape index (κ3) is 4.57. The lowest BCUT2D eigenvalue weighted by Crippen LogP contribution is -2.54. The maximum absolute atomic E-state index is 9.64. The summed E-state index contributed by atoms with van der Waals surface area (Å²) in [6.45, 7) is 9.07. The fourth-order valence-electron chi connectivity index (χ4n) is 2.55. The van der Waals surface area contributed by atoms with Crippen molar-refractivity contribution in [2.24, 2.45) is 11.8 Å². The summed E-state index contributed by atoms with van der Waals surface area (Å²) in [5.74, 6) is 1.23. The molecule has 1 rings (SSSR count). The Labute approximate surface area is 106 Å². The number of ether oxygens (including phenoxy) is 1. The molecule has 1 aliphatic rings. The number of likely N-dealkylation sites (N-methyl/N-ethyl adjacent to an activating group) is 1.